The van der Waals surface area contributed by atoms with E-state index in [-0.39, 0.29) is 5.91 Å². The molecule has 1 aromatic rings. The highest BCUT2D eigenvalue weighted by molar-refractivity contribution is 6.34. The smallest absolute Gasteiger partial charge is 0.252 e. The van der Waals surface area contributed by atoms with Gasteiger partial charge >= 0.3 is 0 Å². The number of benzene rings is 1. The Bertz CT molecular complexity index is 379. The minimum absolute atomic E-state index is 0.211. The summed E-state index contributed by atoms with van der Waals surface area (Å²) in [5.41, 5.74) is 7.35. The molecule has 0 aliphatic heterocycles. The lowest BCUT2D eigenvalue weighted by Gasteiger charge is -2.09. The lowest BCUT2D eigenvalue weighted by molar-refractivity contribution is 0.0956. The Labute approximate surface area is 93.8 Å². The third kappa shape index (κ3) is 2.53. The van der Waals surface area contributed by atoms with Crippen LogP contribution >= 0.6 is 11.6 Å². The maximum absolute atomic E-state index is 11.5. The Hall–Kier alpha value is -1.42. The fourth-order valence-corrected chi connectivity index (χ4v) is 1.49. The normalized spacial score (nSPS) is 9.80. The van der Waals surface area contributed by atoms with Gasteiger partial charge < -0.3 is 16.4 Å². The molecule has 4 nitrogen and oxygen atoms in total. The molecule has 1 amide bonds. The fourth-order valence-electron chi connectivity index (χ4n) is 1.24. The fraction of sp³-hybridized carbons (Fsp3) is 0.300. The number of rotatable bonds is 3. The molecular weight excluding hydrogens is 214 g/mol. The minimum Gasteiger partial charge on any atom is -0.397 e. The molecule has 0 saturated carbocycles. The predicted molar refractivity (Wildman–Crippen MR) is 63.4 cm³/mol. The molecule has 1 aromatic carbocycles. The van der Waals surface area contributed by atoms with Crippen LogP contribution in [0, 0.1) is 0 Å². The van der Waals surface area contributed by atoms with Crippen LogP contribution in [0.3, 0.4) is 0 Å². The summed E-state index contributed by atoms with van der Waals surface area (Å²) in [4.78, 5) is 11.5. The second-order valence-electron chi connectivity index (χ2n) is 3.03. The molecule has 0 atom stereocenters. The third-order valence-corrected chi connectivity index (χ3v) is 2.30. The lowest BCUT2D eigenvalue weighted by Crippen LogP contribution is -2.23. The molecule has 0 heterocycles. The number of halogens is 1. The van der Waals surface area contributed by atoms with Gasteiger partial charge in [-0.15, -0.1) is 0 Å². The van der Waals surface area contributed by atoms with Crippen molar-refractivity contribution >= 4 is 28.9 Å². The Morgan fingerprint density at radius 3 is 2.73 bits per heavy atom. The molecule has 1 rings (SSSR count). The SMILES string of the molecule is CCNC(=O)c1cc(N)c(NC)cc1Cl. The quantitative estimate of drug-likeness (QED) is 0.689. The number of amides is 1. The molecule has 0 aliphatic rings. The van der Waals surface area contributed by atoms with Crippen molar-refractivity contribution in [3.8, 4) is 0 Å². The summed E-state index contributed by atoms with van der Waals surface area (Å²) in [6.07, 6.45) is 0. The number of nitrogens with one attached hydrogen (secondary N) is 2. The topological polar surface area (TPSA) is 67.2 Å². The molecule has 0 radical (unpaired) electrons. The Balaban J connectivity index is 3.10. The van der Waals surface area contributed by atoms with E-state index in [1.807, 2.05) is 6.92 Å². The summed E-state index contributed by atoms with van der Waals surface area (Å²) >= 11 is 5.95. The van der Waals surface area contributed by atoms with Crippen LogP contribution in [0.1, 0.15) is 17.3 Å². The van der Waals surface area contributed by atoms with Crippen LogP contribution in [0.2, 0.25) is 5.02 Å². The van der Waals surface area contributed by atoms with Crippen LogP contribution < -0.4 is 16.4 Å². The standard InChI is InChI=1S/C10H14ClN3O/c1-3-14-10(15)6-4-8(12)9(13-2)5-7(6)11/h4-5,13H,3,12H2,1-2H3,(H,14,15). The largest absolute Gasteiger partial charge is 0.397 e. The van der Waals surface area contributed by atoms with Crippen molar-refractivity contribution in [2.75, 3.05) is 24.6 Å². The molecule has 82 valence electrons. The zero-order chi connectivity index (χ0) is 11.4. The highest BCUT2D eigenvalue weighted by Gasteiger charge is 2.11. The lowest BCUT2D eigenvalue weighted by atomic mass is 10.1. The van der Waals surface area contributed by atoms with Crippen molar-refractivity contribution in [2.45, 2.75) is 6.92 Å². The highest BCUT2D eigenvalue weighted by Crippen LogP contribution is 2.26. The van der Waals surface area contributed by atoms with Crippen LogP contribution in [0.25, 0.3) is 0 Å². The van der Waals surface area contributed by atoms with E-state index in [1.54, 1.807) is 19.2 Å². The van der Waals surface area contributed by atoms with E-state index in [0.717, 1.165) is 0 Å². The van der Waals surface area contributed by atoms with Gasteiger partial charge in [0, 0.05) is 13.6 Å². The van der Waals surface area contributed by atoms with Crippen molar-refractivity contribution in [3.63, 3.8) is 0 Å². The van der Waals surface area contributed by atoms with Gasteiger partial charge in [0.1, 0.15) is 0 Å². The van der Waals surface area contributed by atoms with Gasteiger partial charge in [-0.2, -0.15) is 0 Å². The van der Waals surface area contributed by atoms with Gasteiger partial charge in [-0.3, -0.25) is 4.79 Å². The van der Waals surface area contributed by atoms with Gasteiger partial charge in [0.2, 0.25) is 0 Å². The summed E-state index contributed by atoms with van der Waals surface area (Å²) < 4.78 is 0. The van der Waals surface area contributed by atoms with E-state index < -0.39 is 0 Å². The van der Waals surface area contributed by atoms with Crippen molar-refractivity contribution in [3.05, 3.63) is 22.7 Å². The van der Waals surface area contributed by atoms with E-state index >= 15 is 0 Å². The van der Waals surface area contributed by atoms with Gasteiger partial charge in [0.15, 0.2) is 0 Å². The van der Waals surface area contributed by atoms with E-state index in [2.05, 4.69) is 10.6 Å². The van der Waals surface area contributed by atoms with E-state index in [1.165, 1.54) is 0 Å². The van der Waals surface area contributed by atoms with Crippen molar-refractivity contribution in [2.24, 2.45) is 0 Å². The number of anilines is 2. The first-order valence-corrected chi connectivity index (χ1v) is 5.03. The Morgan fingerprint density at radius 2 is 2.20 bits per heavy atom. The van der Waals surface area contributed by atoms with Gasteiger partial charge in [0.25, 0.3) is 5.91 Å². The summed E-state index contributed by atoms with van der Waals surface area (Å²) in [7, 11) is 1.74. The van der Waals surface area contributed by atoms with Gasteiger partial charge in [-0.25, -0.2) is 0 Å². The summed E-state index contributed by atoms with van der Waals surface area (Å²) in [6, 6.07) is 3.21. The molecule has 0 saturated heterocycles. The number of carbonyl (C=O) groups is 1. The van der Waals surface area contributed by atoms with Gasteiger partial charge in [0.05, 0.1) is 22.0 Å². The molecule has 0 aliphatic carbocycles. The molecular formula is C10H14ClN3O. The van der Waals surface area contributed by atoms with Crippen LogP contribution in [0.15, 0.2) is 12.1 Å². The summed E-state index contributed by atoms with van der Waals surface area (Å²) in [6.45, 7) is 2.40. The first-order chi connectivity index (χ1) is 7.10. The first-order valence-electron chi connectivity index (χ1n) is 4.65. The Morgan fingerprint density at radius 1 is 1.53 bits per heavy atom. The zero-order valence-corrected chi connectivity index (χ0v) is 9.48. The van der Waals surface area contributed by atoms with Crippen LogP contribution in [-0.4, -0.2) is 19.5 Å². The van der Waals surface area contributed by atoms with Crippen molar-refractivity contribution in [1.29, 1.82) is 0 Å². The number of hydrogen-bond donors (Lipinski definition) is 3. The second kappa shape index (κ2) is 4.89. The maximum Gasteiger partial charge on any atom is 0.252 e. The molecule has 5 heteroatoms. The molecule has 0 spiro atoms. The molecule has 0 aromatic heterocycles. The highest BCUT2D eigenvalue weighted by atomic mass is 35.5. The molecule has 0 fully saturated rings. The van der Waals surface area contributed by atoms with E-state index in [0.29, 0.717) is 28.5 Å². The molecule has 15 heavy (non-hydrogen) atoms. The van der Waals surface area contributed by atoms with Gasteiger partial charge in [-0.1, -0.05) is 11.6 Å². The summed E-state index contributed by atoms with van der Waals surface area (Å²) in [5.74, 6) is -0.211. The number of nitrogen functional groups attached to an aromatic ring is 1. The number of carbonyl (C=O) groups excluding carboxylic acids is 1. The molecule has 4 N–H and O–H groups in total. The van der Waals surface area contributed by atoms with Crippen molar-refractivity contribution < 1.29 is 4.79 Å². The van der Waals surface area contributed by atoms with Gasteiger partial charge in [-0.05, 0) is 19.1 Å². The predicted octanol–water partition coefficient (Wildman–Crippen LogP) is 1.71. The summed E-state index contributed by atoms with van der Waals surface area (Å²) in [5, 5.41) is 5.95. The van der Waals surface area contributed by atoms with Crippen LogP contribution in [0.4, 0.5) is 11.4 Å². The molecule has 0 bridgehead atoms. The average Bonchev–Trinajstić information content (AvgIpc) is 2.21. The number of hydrogen-bond acceptors (Lipinski definition) is 3. The maximum atomic E-state index is 11.5. The van der Waals surface area contributed by atoms with E-state index in [4.69, 9.17) is 17.3 Å². The van der Waals surface area contributed by atoms with E-state index in [9.17, 15) is 4.79 Å². The average molecular weight is 228 g/mol. The Kier molecular flexibility index (Phi) is 3.80. The minimum atomic E-state index is -0.211. The van der Waals surface area contributed by atoms with Crippen LogP contribution in [0.5, 0.6) is 0 Å². The first kappa shape index (κ1) is 11.7. The molecule has 0 unspecified atom stereocenters. The van der Waals surface area contributed by atoms with Crippen LogP contribution in [-0.2, 0) is 0 Å². The number of nitrogens with two attached hydrogens (primary N) is 1. The monoisotopic (exact) mass is 227 g/mol. The zero-order valence-electron chi connectivity index (χ0n) is 8.73. The van der Waals surface area contributed by atoms with Crippen molar-refractivity contribution in [1.82, 2.24) is 5.32 Å². The second-order valence-corrected chi connectivity index (χ2v) is 3.44. The third-order valence-electron chi connectivity index (χ3n) is 1.99.